The van der Waals surface area contributed by atoms with Crippen molar-refractivity contribution in [3.05, 3.63) is 0 Å². The van der Waals surface area contributed by atoms with Gasteiger partial charge in [0.2, 0.25) is 5.91 Å². The zero-order valence-electron chi connectivity index (χ0n) is 11.2. The van der Waals surface area contributed by atoms with E-state index in [9.17, 15) is 4.79 Å². The summed E-state index contributed by atoms with van der Waals surface area (Å²) in [6, 6.07) is 0. The lowest BCUT2D eigenvalue weighted by atomic mass is 10.0. The number of carbonyl (C=O) groups excluding carboxylic acids is 1. The van der Waals surface area contributed by atoms with Gasteiger partial charge in [-0.15, -0.1) is 0 Å². The van der Waals surface area contributed by atoms with Crippen molar-refractivity contribution in [3.63, 3.8) is 0 Å². The smallest absolute Gasteiger partial charge is 0.225 e. The SMILES string of the molecule is CCCCC(C)C(=O)N1CCN(CCO)CC1. The number of amides is 1. The molecule has 4 nitrogen and oxygen atoms in total. The van der Waals surface area contributed by atoms with Crippen LogP contribution in [0.25, 0.3) is 0 Å². The summed E-state index contributed by atoms with van der Waals surface area (Å²) in [5, 5.41) is 8.86. The van der Waals surface area contributed by atoms with Gasteiger partial charge in [-0.3, -0.25) is 9.69 Å². The van der Waals surface area contributed by atoms with Gasteiger partial charge in [0.1, 0.15) is 0 Å². The molecule has 0 aromatic rings. The van der Waals surface area contributed by atoms with Crippen LogP contribution in [0, 0.1) is 5.92 Å². The van der Waals surface area contributed by atoms with Gasteiger partial charge in [-0.2, -0.15) is 0 Å². The lowest BCUT2D eigenvalue weighted by Crippen LogP contribution is -2.50. The number of β-amino-alcohol motifs (C(OH)–C–C–N with tert-alkyl or cyclic N) is 1. The third-order valence-electron chi connectivity index (χ3n) is 3.51. The lowest BCUT2D eigenvalue weighted by Gasteiger charge is -2.35. The molecule has 0 aliphatic carbocycles. The Morgan fingerprint density at radius 1 is 1.29 bits per heavy atom. The van der Waals surface area contributed by atoms with Crippen molar-refractivity contribution in [2.24, 2.45) is 5.92 Å². The number of aliphatic hydroxyl groups is 1. The summed E-state index contributed by atoms with van der Waals surface area (Å²) in [4.78, 5) is 16.3. The molecule has 1 saturated heterocycles. The minimum Gasteiger partial charge on any atom is -0.395 e. The third-order valence-corrected chi connectivity index (χ3v) is 3.51. The first-order valence-electron chi connectivity index (χ1n) is 6.81. The number of nitrogens with zero attached hydrogens (tertiary/aromatic N) is 2. The standard InChI is InChI=1S/C13H26N2O2/c1-3-4-5-12(2)13(17)15-8-6-14(7-9-15)10-11-16/h12,16H,3-11H2,1-2H3. The molecule has 1 aliphatic rings. The summed E-state index contributed by atoms with van der Waals surface area (Å²) < 4.78 is 0. The number of carbonyl (C=O) groups is 1. The van der Waals surface area contributed by atoms with Crippen LogP contribution in [0.5, 0.6) is 0 Å². The monoisotopic (exact) mass is 242 g/mol. The fraction of sp³-hybridized carbons (Fsp3) is 0.923. The largest absolute Gasteiger partial charge is 0.395 e. The highest BCUT2D eigenvalue weighted by Gasteiger charge is 2.23. The molecule has 1 atom stereocenters. The molecule has 0 radical (unpaired) electrons. The molecular formula is C13H26N2O2. The zero-order chi connectivity index (χ0) is 12.7. The van der Waals surface area contributed by atoms with Crippen molar-refractivity contribution in [2.75, 3.05) is 39.3 Å². The van der Waals surface area contributed by atoms with E-state index < -0.39 is 0 Å². The van der Waals surface area contributed by atoms with E-state index in [0.717, 1.165) is 52.0 Å². The van der Waals surface area contributed by atoms with Crippen LogP contribution in [0.1, 0.15) is 33.1 Å². The highest BCUT2D eigenvalue weighted by atomic mass is 16.3. The van der Waals surface area contributed by atoms with Crippen LogP contribution < -0.4 is 0 Å². The number of hydrogen-bond donors (Lipinski definition) is 1. The Kier molecular flexibility index (Phi) is 6.52. The Hall–Kier alpha value is -0.610. The summed E-state index contributed by atoms with van der Waals surface area (Å²) in [6.07, 6.45) is 3.30. The van der Waals surface area contributed by atoms with Gasteiger partial charge in [0.05, 0.1) is 6.61 Å². The first-order chi connectivity index (χ1) is 8.19. The van der Waals surface area contributed by atoms with Crippen LogP contribution in [0.2, 0.25) is 0 Å². The molecule has 1 fully saturated rings. The molecular weight excluding hydrogens is 216 g/mol. The van der Waals surface area contributed by atoms with Crippen molar-refractivity contribution in [3.8, 4) is 0 Å². The quantitative estimate of drug-likeness (QED) is 0.754. The first kappa shape index (κ1) is 14.5. The lowest BCUT2D eigenvalue weighted by molar-refractivity contribution is -0.137. The molecule has 0 aromatic carbocycles. The summed E-state index contributed by atoms with van der Waals surface area (Å²) in [7, 11) is 0. The van der Waals surface area contributed by atoms with E-state index in [2.05, 4.69) is 11.8 Å². The van der Waals surface area contributed by atoms with Crippen molar-refractivity contribution < 1.29 is 9.90 Å². The molecule has 0 spiro atoms. The molecule has 100 valence electrons. The average molecular weight is 242 g/mol. The van der Waals surface area contributed by atoms with Gasteiger partial charge in [0.15, 0.2) is 0 Å². The molecule has 1 unspecified atom stereocenters. The van der Waals surface area contributed by atoms with Gasteiger partial charge < -0.3 is 10.0 Å². The Labute approximate surface area is 105 Å². The van der Waals surface area contributed by atoms with E-state index in [1.807, 2.05) is 11.8 Å². The average Bonchev–Trinajstić information content (AvgIpc) is 2.36. The third kappa shape index (κ3) is 4.64. The van der Waals surface area contributed by atoms with Crippen molar-refractivity contribution in [1.82, 2.24) is 9.80 Å². The van der Waals surface area contributed by atoms with Crippen LogP contribution in [0.3, 0.4) is 0 Å². The van der Waals surface area contributed by atoms with Gasteiger partial charge in [-0.1, -0.05) is 26.7 Å². The Bertz CT molecular complexity index is 225. The topological polar surface area (TPSA) is 43.8 Å². The van der Waals surface area contributed by atoms with Gasteiger partial charge in [0, 0.05) is 38.6 Å². The maximum Gasteiger partial charge on any atom is 0.225 e. The van der Waals surface area contributed by atoms with E-state index in [1.54, 1.807) is 0 Å². The molecule has 0 aromatic heterocycles. The number of hydrogen-bond acceptors (Lipinski definition) is 3. The minimum absolute atomic E-state index is 0.166. The fourth-order valence-electron chi connectivity index (χ4n) is 2.28. The van der Waals surface area contributed by atoms with Crippen molar-refractivity contribution >= 4 is 5.91 Å². The second kappa shape index (κ2) is 7.67. The zero-order valence-corrected chi connectivity index (χ0v) is 11.2. The summed E-state index contributed by atoms with van der Waals surface area (Å²) in [6.45, 7) is 8.56. The second-order valence-corrected chi connectivity index (χ2v) is 4.93. The van der Waals surface area contributed by atoms with Gasteiger partial charge >= 0.3 is 0 Å². The van der Waals surface area contributed by atoms with Crippen molar-refractivity contribution in [1.29, 1.82) is 0 Å². The van der Waals surface area contributed by atoms with Crippen LogP contribution in [-0.2, 0) is 4.79 Å². The normalized spacial score (nSPS) is 19.4. The summed E-state index contributed by atoms with van der Waals surface area (Å²) >= 11 is 0. The number of rotatable bonds is 6. The second-order valence-electron chi connectivity index (χ2n) is 4.93. The van der Waals surface area contributed by atoms with Crippen LogP contribution >= 0.6 is 0 Å². The molecule has 1 heterocycles. The van der Waals surface area contributed by atoms with Crippen molar-refractivity contribution in [2.45, 2.75) is 33.1 Å². The van der Waals surface area contributed by atoms with Crippen LogP contribution in [0.15, 0.2) is 0 Å². The first-order valence-corrected chi connectivity index (χ1v) is 6.81. The maximum absolute atomic E-state index is 12.1. The molecule has 0 bridgehead atoms. The predicted octanol–water partition coefficient (Wildman–Crippen LogP) is 0.949. The van der Waals surface area contributed by atoms with E-state index in [4.69, 9.17) is 5.11 Å². The molecule has 1 rings (SSSR count). The van der Waals surface area contributed by atoms with E-state index in [1.165, 1.54) is 0 Å². The Balaban J connectivity index is 2.30. The van der Waals surface area contributed by atoms with E-state index in [0.29, 0.717) is 5.91 Å². The Morgan fingerprint density at radius 2 is 1.94 bits per heavy atom. The summed E-state index contributed by atoms with van der Waals surface area (Å²) in [5.74, 6) is 0.474. The van der Waals surface area contributed by atoms with Crippen LogP contribution in [0.4, 0.5) is 0 Å². The van der Waals surface area contributed by atoms with Gasteiger partial charge in [-0.25, -0.2) is 0 Å². The predicted molar refractivity (Wildman–Crippen MR) is 68.8 cm³/mol. The molecule has 4 heteroatoms. The Morgan fingerprint density at radius 3 is 2.47 bits per heavy atom. The molecule has 17 heavy (non-hydrogen) atoms. The number of aliphatic hydroxyl groups excluding tert-OH is 1. The van der Waals surface area contributed by atoms with Gasteiger partial charge in [0.25, 0.3) is 0 Å². The maximum atomic E-state index is 12.1. The van der Waals surface area contributed by atoms with Crippen LogP contribution in [-0.4, -0.2) is 60.1 Å². The van der Waals surface area contributed by atoms with E-state index in [-0.39, 0.29) is 12.5 Å². The highest BCUT2D eigenvalue weighted by molar-refractivity contribution is 5.78. The summed E-state index contributed by atoms with van der Waals surface area (Å²) in [5.41, 5.74) is 0. The molecule has 1 aliphatic heterocycles. The molecule has 1 N–H and O–H groups in total. The minimum atomic E-state index is 0.166. The molecule has 1 amide bonds. The fourth-order valence-corrected chi connectivity index (χ4v) is 2.28. The van der Waals surface area contributed by atoms with E-state index >= 15 is 0 Å². The highest BCUT2D eigenvalue weighted by Crippen LogP contribution is 2.13. The number of unbranched alkanes of at least 4 members (excludes halogenated alkanes) is 1. The number of piperazine rings is 1. The van der Waals surface area contributed by atoms with Gasteiger partial charge in [-0.05, 0) is 6.42 Å². The molecule has 0 saturated carbocycles.